The summed E-state index contributed by atoms with van der Waals surface area (Å²) in [6, 6.07) is 19.5. The number of nitrogens with zero attached hydrogens (tertiary/aromatic N) is 1. The van der Waals surface area contributed by atoms with Crippen molar-refractivity contribution < 1.29 is 9.53 Å². The molecule has 4 aromatic rings. The molecule has 1 N–H and O–H groups in total. The van der Waals surface area contributed by atoms with Crippen LogP contribution >= 0.6 is 11.3 Å². The van der Waals surface area contributed by atoms with E-state index in [1.807, 2.05) is 61.5 Å². The topological polar surface area (TPSA) is 72.1 Å². The maximum atomic E-state index is 12.2. The summed E-state index contributed by atoms with van der Waals surface area (Å²) >= 11 is 1.59. The summed E-state index contributed by atoms with van der Waals surface area (Å²) in [7, 11) is 0. The van der Waals surface area contributed by atoms with Gasteiger partial charge in [0.15, 0.2) is 0 Å². The number of aryl methyl sites for hydroxylation is 1. The van der Waals surface area contributed by atoms with Crippen molar-refractivity contribution in [2.75, 3.05) is 0 Å². The molecule has 0 saturated heterocycles. The average molecular weight is 402 g/mol. The predicted octanol–water partition coefficient (Wildman–Crippen LogP) is 4.72. The molecule has 144 valence electrons. The molecule has 5 nitrogen and oxygen atoms in total. The zero-order chi connectivity index (χ0) is 20.2. The van der Waals surface area contributed by atoms with Gasteiger partial charge in [-0.1, -0.05) is 42.5 Å². The molecule has 0 aliphatic heterocycles. The van der Waals surface area contributed by atoms with Gasteiger partial charge in [0.05, 0.1) is 10.9 Å². The SMILES string of the molecule is Cc1cccc2c(=O)[nH]c(COC(=O)/C=C/c3ccc(-c4ccccc4)s3)nc12. The van der Waals surface area contributed by atoms with Crippen LogP contribution in [0.4, 0.5) is 0 Å². The Labute approximate surface area is 171 Å². The number of hydrogen-bond donors (Lipinski definition) is 1. The van der Waals surface area contributed by atoms with E-state index in [0.29, 0.717) is 16.7 Å². The number of carbonyl (C=O) groups excluding carboxylic acids is 1. The van der Waals surface area contributed by atoms with Crippen molar-refractivity contribution in [1.29, 1.82) is 0 Å². The fourth-order valence-electron chi connectivity index (χ4n) is 2.96. The number of esters is 1. The first-order chi connectivity index (χ1) is 14.1. The second-order valence-corrected chi connectivity index (χ2v) is 7.61. The van der Waals surface area contributed by atoms with Crippen LogP contribution < -0.4 is 5.56 Å². The van der Waals surface area contributed by atoms with E-state index in [1.165, 1.54) is 6.08 Å². The normalized spacial score (nSPS) is 11.2. The number of hydrogen-bond acceptors (Lipinski definition) is 5. The van der Waals surface area contributed by atoms with Crippen molar-refractivity contribution in [2.24, 2.45) is 0 Å². The highest BCUT2D eigenvalue weighted by Crippen LogP contribution is 2.28. The van der Waals surface area contributed by atoms with Gasteiger partial charge >= 0.3 is 5.97 Å². The van der Waals surface area contributed by atoms with E-state index >= 15 is 0 Å². The number of aromatic nitrogens is 2. The molecule has 0 atom stereocenters. The minimum atomic E-state index is -0.493. The van der Waals surface area contributed by atoms with Crippen LogP contribution in [-0.4, -0.2) is 15.9 Å². The van der Waals surface area contributed by atoms with Crippen molar-refractivity contribution in [3.05, 3.63) is 93.4 Å². The number of nitrogens with one attached hydrogen (secondary N) is 1. The van der Waals surface area contributed by atoms with Gasteiger partial charge in [-0.05, 0) is 42.3 Å². The molecule has 0 unspecified atom stereocenters. The van der Waals surface area contributed by atoms with Crippen LogP contribution in [0.15, 0.2) is 71.5 Å². The number of H-pyrrole nitrogens is 1. The van der Waals surface area contributed by atoms with Gasteiger partial charge < -0.3 is 9.72 Å². The maximum Gasteiger partial charge on any atom is 0.331 e. The lowest BCUT2D eigenvalue weighted by atomic mass is 10.1. The Hall–Kier alpha value is -3.51. The molecule has 2 aromatic heterocycles. The molecule has 0 saturated carbocycles. The van der Waals surface area contributed by atoms with Crippen molar-refractivity contribution in [3.8, 4) is 10.4 Å². The minimum absolute atomic E-state index is 0.0948. The number of ether oxygens (including phenoxy) is 1. The molecule has 0 amide bonds. The molecule has 2 aromatic carbocycles. The molecule has 0 aliphatic rings. The number of fused-ring (bicyclic) bond motifs is 1. The first-order valence-corrected chi connectivity index (χ1v) is 9.90. The second kappa shape index (κ2) is 8.24. The van der Waals surface area contributed by atoms with Gasteiger partial charge in [-0.2, -0.15) is 0 Å². The van der Waals surface area contributed by atoms with Crippen molar-refractivity contribution in [2.45, 2.75) is 13.5 Å². The Kier molecular flexibility index (Phi) is 5.35. The highest BCUT2D eigenvalue weighted by Gasteiger charge is 2.08. The largest absolute Gasteiger partial charge is 0.454 e. The Morgan fingerprint density at radius 3 is 2.76 bits per heavy atom. The number of para-hydroxylation sites is 1. The monoisotopic (exact) mass is 402 g/mol. The highest BCUT2D eigenvalue weighted by molar-refractivity contribution is 7.16. The van der Waals surface area contributed by atoms with E-state index < -0.39 is 5.97 Å². The van der Waals surface area contributed by atoms with Gasteiger partial charge in [0, 0.05) is 15.8 Å². The summed E-state index contributed by atoms with van der Waals surface area (Å²) in [6.07, 6.45) is 3.10. The zero-order valence-electron chi connectivity index (χ0n) is 15.7. The van der Waals surface area contributed by atoms with Crippen molar-refractivity contribution in [3.63, 3.8) is 0 Å². The van der Waals surface area contributed by atoms with E-state index in [0.717, 1.165) is 20.9 Å². The van der Waals surface area contributed by atoms with Crippen molar-refractivity contribution in [1.82, 2.24) is 9.97 Å². The minimum Gasteiger partial charge on any atom is -0.454 e. The van der Waals surface area contributed by atoms with E-state index in [4.69, 9.17) is 4.74 Å². The lowest BCUT2D eigenvalue weighted by molar-refractivity contribution is -0.139. The predicted molar refractivity (Wildman–Crippen MR) is 116 cm³/mol. The molecule has 0 spiro atoms. The van der Waals surface area contributed by atoms with Gasteiger partial charge in [0.2, 0.25) is 0 Å². The molecule has 0 radical (unpaired) electrons. The van der Waals surface area contributed by atoms with Crippen LogP contribution in [0.25, 0.3) is 27.4 Å². The molecule has 29 heavy (non-hydrogen) atoms. The number of aromatic amines is 1. The summed E-state index contributed by atoms with van der Waals surface area (Å²) in [5.41, 5.74) is 2.41. The molecular weight excluding hydrogens is 384 g/mol. The van der Waals surface area contributed by atoms with Crippen LogP contribution in [0.2, 0.25) is 0 Å². The third kappa shape index (κ3) is 4.33. The Balaban J connectivity index is 1.42. The highest BCUT2D eigenvalue weighted by atomic mass is 32.1. The molecule has 0 fully saturated rings. The van der Waals surface area contributed by atoms with Crippen molar-refractivity contribution >= 4 is 34.3 Å². The van der Waals surface area contributed by atoms with E-state index in [2.05, 4.69) is 9.97 Å². The number of thiophene rings is 1. The first kappa shape index (κ1) is 18.8. The Morgan fingerprint density at radius 2 is 1.93 bits per heavy atom. The summed E-state index contributed by atoms with van der Waals surface area (Å²) in [4.78, 5) is 33.4. The molecule has 6 heteroatoms. The number of carbonyl (C=O) groups is 1. The number of rotatable bonds is 5. The van der Waals surface area contributed by atoms with E-state index in [1.54, 1.807) is 23.5 Å². The summed E-state index contributed by atoms with van der Waals surface area (Å²) in [5, 5.41) is 0.520. The first-order valence-electron chi connectivity index (χ1n) is 9.09. The Morgan fingerprint density at radius 1 is 1.10 bits per heavy atom. The fraction of sp³-hybridized carbons (Fsp3) is 0.0870. The van der Waals surface area contributed by atoms with Gasteiger partial charge in [-0.3, -0.25) is 4.79 Å². The van der Waals surface area contributed by atoms with Gasteiger partial charge in [-0.15, -0.1) is 11.3 Å². The fourth-order valence-corrected chi connectivity index (χ4v) is 3.87. The molecule has 0 aliphatic carbocycles. The molecular formula is C23H18N2O3S. The summed E-state index contributed by atoms with van der Waals surface area (Å²) in [5.74, 6) is -0.173. The maximum absolute atomic E-state index is 12.2. The smallest absolute Gasteiger partial charge is 0.331 e. The van der Waals surface area contributed by atoms with E-state index in [-0.39, 0.29) is 12.2 Å². The Bertz CT molecular complexity index is 1260. The number of benzene rings is 2. The second-order valence-electron chi connectivity index (χ2n) is 6.49. The van der Waals surface area contributed by atoms with E-state index in [9.17, 15) is 9.59 Å². The third-order valence-electron chi connectivity index (χ3n) is 4.41. The van der Waals surface area contributed by atoms with Crippen LogP contribution in [0.3, 0.4) is 0 Å². The molecule has 2 heterocycles. The van der Waals surface area contributed by atoms with Gasteiger partial charge in [-0.25, -0.2) is 9.78 Å². The van der Waals surface area contributed by atoms with Gasteiger partial charge in [0.25, 0.3) is 5.56 Å². The van der Waals surface area contributed by atoms with Crippen LogP contribution in [-0.2, 0) is 16.1 Å². The van der Waals surface area contributed by atoms with Gasteiger partial charge in [0.1, 0.15) is 12.4 Å². The standard InChI is InChI=1S/C23H18N2O3S/c1-15-6-5-9-18-22(15)24-20(25-23(18)27)14-28-21(26)13-11-17-10-12-19(29-17)16-7-3-2-4-8-16/h2-13H,14H2,1H3,(H,24,25,27)/b13-11+. The van der Waals surface area contributed by atoms with Crippen LogP contribution in [0.1, 0.15) is 16.3 Å². The lowest BCUT2D eigenvalue weighted by Crippen LogP contribution is -2.14. The van der Waals surface area contributed by atoms with Crippen LogP contribution in [0.5, 0.6) is 0 Å². The molecule has 4 rings (SSSR count). The average Bonchev–Trinajstić information content (AvgIpc) is 3.21. The summed E-state index contributed by atoms with van der Waals surface area (Å²) < 4.78 is 5.23. The van der Waals surface area contributed by atoms with Crippen LogP contribution in [0, 0.1) is 6.92 Å². The quantitative estimate of drug-likeness (QED) is 0.387. The summed E-state index contributed by atoms with van der Waals surface area (Å²) in [6.45, 7) is 1.79. The lowest BCUT2D eigenvalue weighted by Gasteiger charge is -2.05. The zero-order valence-corrected chi connectivity index (χ0v) is 16.5. The molecule has 0 bridgehead atoms. The third-order valence-corrected chi connectivity index (χ3v) is 5.51.